The fourth-order valence-electron chi connectivity index (χ4n) is 2.22. The Hall–Kier alpha value is -1.56. The van der Waals surface area contributed by atoms with Gasteiger partial charge in [0.15, 0.2) is 5.96 Å². The van der Waals surface area contributed by atoms with Gasteiger partial charge in [0.2, 0.25) is 0 Å². The van der Waals surface area contributed by atoms with Crippen molar-refractivity contribution in [3.63, 3.8) is 0 Å². The van der Waals surface area contributed by atoms with E-state index in [1.165, 1.54) is 24.2 Å². The van der Waals surface area contributed by atoms with Crippen molar-refractivity contribution in [1.82, 2.24) is 20.2 Å². The molecular formula is C12H22N6. The fraction of sp³-hybridized carbons (Fsp3) is 0.667. The van der Waals surface area contributed by atoms with Crippen LogP contribution in [0.5, 0.6) is 0 Å². The van der Waals surface area contributed by atoms with Crippen LogP contribution in [0.25, 0.3) is 0 Å². The third-order valence-corrected chi connectivity index (χ3v) is 3.24. The first-order valence-electron chi connectivity index (χ1n) is 6.51. The van der Waals surface area contributed by atoms with E-state index in [4.69, 9.17) is 5.73 Å². The van der Waals surface area contributed by atoms with Crippen molar-refractivity contribution < 1.29 is 0 Å². The number of nitrogens with one attached hydrogen (secondary N) is 2. The number of nitrogens with two attached hydrogens (primary N) is 1. The van der Waals surface area contributed by atoms with Crippen LogP contribution >= 0.6 is 0 Å². The number of guanidine groups is 1. The summed E-state index contributed by atoms with van der Waals surface area (Å²) in [5, 5.41) is 6.38. The van der Waals surface area contributed by atoms with Gasteiger partial charge in [-0.15, -0.1) is 0 Å². The Labute approximate surface area is 108 Å². The molecule has 18 heavy (non-hydrogen) atoms. The summed E-state index contributed by atoms with van der Waals surface area (Å²) in [7, 11) is 1.67. The molecule has 0 atom stereocenters. The smallest absolute Gasteiger partial charge is 0.188 e. The van der Waals surface area contributed by atoms with E-state index in [0.717, 1.165) is 32.6 Å². The van der Waals surface area contributed by atoms with Crippen LogP contribution in [-0.2, 0) is 19.5 Å². The van der Waals surface area contributed by atoms with Gasteiger partial charge in [-0.3, -0.25) is 4.99 Å². The Bertz CT molecular complexity index is 409. The van der Waals surface area contributed by atoms with Gasteiger partial charge >= 0.3 is 0 Å². The Morgan fingerprint density at radius 1 is 1.50 bits per heavy atom. The minimum Gasteiger partial charge on any atom is -0.370 e. The lowest BCUT2D eigenvalue weighted by atomic mass is 10.1. The highest BCUT2D eigenvalue weighted by Crippen LogP contribution is 2.17. The van der Waals surface area contributed by atoms with Crippen molar-refractivity contribution in [3.05, 3.63) is 17.7 Å². The number of hydrogen-bond donors (Lipinski definition) is 3. The first kappa shape index (κ1) is 12.9. The number of aromatic nitrogens is 2. The van der Waals surface area contributed by atoms with Gasteiger partial charge in [0, 0.05) is 38.9 Å². The maximum atomic E-state index is 5.54. The highest BCUT2D eigenvalue weighted by atomic mass is 15.1. The van der Waals surface area contributed by atoms with Crippen LogP contribution in [0.2, 0.25) is 0 Å². The quantitative estimate of drug-likeness (QED) is 0.385. The van der Waals surface area contributed by atoms with Crippen LogP contribution in [0.4, 0.5) is 0 Å². The van der Waals surface area contributed by atoms with Crippen LogP contribution in [0, 0.1) is 0 Å². The number of imidazole rings is 1. The third-order valence-electron chi connectivity index (χ3n) is 3.24. The minimum absolute atomic E-state index is 0.483. The average Bonchev–Trinajstić information content (AvgIpc) is 2.81. The van der Waals surface area contributed by atoms with E-state index in [2.05, 4.69) is 25.2 Å². The normalized spacial score (nSPS) is 15.5. The van der Waals surface area contributed by atoms with Crippen molar-refractivity contribution >= 4 is 5.96 Å². The fourth-order valence-corrected chi connectivity index (χ4v) is 2.22. The van der Waals surface area contributed by atoms with Crippen molar-refractivity contribution in [2.75, 3.05) is 20.1 Å². The summed E-state index contributed by atoms with van der Waals surface area (Å²) in [5.74, 6) is 0.483. The van der Waals surface area contributed by atoms with E-state index in [-0.39, 0.29) is 0 Å². The molecule has 0 saturated carbocycles. The van der Waals surface area contributed by atoms with Crippen molar-refractivity contribution in [2.45, 2.75) is 32.4 Å². The molecule has 0 saturated heterocycles. The maximum Gasteiger partial charge on any atom is 0.188 e. The van der Waals surface area contributed by atoms with Gasteiger partial charge in [-0.2, -0.15) is 0 Å². The summed E-state index contributed by atoms with van der Waals surface area (Å²) >= 11 is 0. The zero-order valence-corrected chi connectivity index (χ0v) is 10.9. The van der Waals surface area contributed by atoms with Crippen LogP contribution in [0.3, 0.4) is 0 Å². The van der Waals surface area contributed by atoms with E-state index in [1.54, 1.807) is 7.05 Å². The molecule has 1 aromatic rings. The molecule has 2 rings (SSSR count). The van der Waals surface area contributed by atoms with Crippen molar-refractivity contribution in [1.29, 1.82) is 0 Å². The zero-order valence-electron chi connectivity index (χ0n) is 10.9. The highest BCUT2D eigenvalue weighted by Gasteiger charge is 2.13. The van der Waals surface area contributed by atoms with E-state index in [1.807, 2.05) is 6.33 Å². The lowest BCUT2D eigenvalue weighted by Crippen LogP contribution is -2.36. The van der Waals surface area contributed by atoms with Crippen molar-refractivity contribution in [2.24, 2.45) is 10.7 Å². The summed E-state index contributed by atoms with van der Waals surface area (Å²) < 4.78 is 2.28. The molecule has 0 radical (unpaired) electrons. The highest BCUT2D eigenvalue weighted by molar-refractivity contribution is 5.77. The Morgan fingerprint density at radius 2 is 2.39 bits per heavy atom. The van der Waals surface area contributed by atoms with Gasteiger partial charge < -0.3 is 20.9 Å². The zero-order chi connectivity index (χ0) is 12.8. The minimum atomic E-state index is 0.483. The Balaban J connectivity index is 1.72. The number of aryl methyl sites for hydroxylation is 1. The predicted octanol–water partition coefficient (Wildman–Crippen LogP) is -0.157. The molecule has 1 aliphatic rings. The van der Waals surface area contributed by atoms with Crippen LogP contribution in [-0.4, -0.2) is 35.6 Å². The summed E-state index contributed by atoms with van der Waals surface area (Å²) in [6.07, 6.45) is 5.68. The molecule has 0 spiro atoms. The van der Waals surface area contributed by atoms with Crippen LogP contribution in [0.15, 0.2) is 11.3 Å². The van der Waals surface area contributed by atoms with E-state index in [0.29, 0.717) is 5.96 Å². The molecule has 6 nitrogen and oxygen atoms in total. The molecule has 0 bridgehead atoms. The molecule has 0 aromatic carbocycles. The number of hydrogen-bond acceptors (Lipinski definition) is 3. The number of aliphatic imine (C=N–C) groups is 1. The number of fused-ring (bicyclic) bond motifs is 1. The maximum absolute atomic E-state index is 5.54. The van der Waals surface area contributed by atoms with Gasteiger partial charge in [-0.1, -0.05) is 0 Å². The second-order valence-corrected chi connectivity index (χ2v) is 4.50. The summed E-state index contributed by atoms with van der Waals surface area (Å²) in [5.41, 5.74) is 8.12. The molecule has 1 aliphatic heterocycles. The lowest BCUT2D eigenvalue weighted by molar-refractivity contribution is 0.526. The van der Waals surface area contributed by atoms with Gasteiger partial charge in [0.05, 0.1) is 12.0 Å². The molecule has 6 heteroatoms. The molecule has 0 aliphatic carbocycles. The topological polar surface area (TPSA) is 80.3 Å². The first-order chi connectivity index (χ1) is 8.81. The third kappa shape index (κ3) is 3.22. The van der Waals surface area contributed by atoms with Gasteiger partial charge in [0.25, 0.3) is 0 Å². The van der Waals surface area contributed by atoms with Crippen LogP contribution in [0.1, 0.15) is 24.2 Å². The molecule has 2 heterocycles. The molecule has 0 amide bonds. The molecule has 0 unspecified atom stereocenters. The molecule has 0 fully saturated rings. The first-order valence-corrected chi connectivity index (χ1v) is 6.51. The Kier molecular flexibility index (Phi) is 4.58. The van der Waals surface area contributed by atoms with Gasteiger partial charge in [0.1, 0.15) is 0 Å². The molecule has 1 aromatic heterocycles. The summed E-state index contributed by atoms with van der Waals surface area (Å²) in [4.78, 5) is 8.31. The van der Waals surface area contributed by atoms with E-state index in [9.17, 15) is 0 Å². The Morgan fingerprint density at radius 3 is 3.22 bits per heavy atom. The number of rotatable bonds is 5. The average molecular weight is 250 g/mol. The molecular weight excluding hydrogens is 228 g/mol. The number of nitrogens with zero attached hydrogens (tertiary/aromatic N) is 3. The van der Waals surface area contributed by atoms with Crippen molar-refractivity contribution in [3.8, 4) is 0 Å². The van der Waals surface area contributed by atoms with Gasteiger partial charge in [-0.05, 0) is 19.3 Å². The summed E-state index contributed by atoms with van der Waals surface area (Å²) in [6.45, 7) is 3.57. The monoisotopic (exact) mass is 250 g/mol. The van der Waals surface area contributed by atoms with E-state index >= 15 is 0 Å². The second-order valence-electron chi connectivity index (χ2n) is 4.50. The largest absolute Gasteiger partial charge is 0.370 e. The molecule has 4 N–H and O–H groups in total. The standard InChI is InChI=1S/C12H22N6/c1-14-12(13)16-6-5-15-8-10-11-4-2-3-7-18(11)9-17-10/h9,15H,2-8H2,1H3,(H3,13,14,16). The SMILES string of the molecule is CN=C(N)NCCNCc1ncn2c1CCCC2. The van der Waals surface area contributed by atoms with Crippen LogP contribution < -0.4 is 16.4 Å². The predicted molar refractivity (Wildman–Crippen MR) is 72.4 cm³/mol. The van der Waals surface area contributed by atoms with Gasteiger partial charge in [-0.25, -0.2) is 4.98 Å². The van der Waals surface area contributed by atoms with E-state index < -0.39 is 0 Å². The summed E-state index contributed by atoms with van der Waals surface area (Å²) in [6, 6.07) is 0. The molecule has 100 valence electrons. The lowest BCUT2D eigenvalue weighted by Gasteiger charge is -2.15. The second kappa shape index (κ2) is 6.39.